The maximum Gasteiger partial charge on any atom is 0.387 e. The van der Waals surface area contributed by atoms with Gasteiger partial charge in [0.2, 0.25) is 0 Å². The number of alkyl halides is 2. The average molecular weight is 287 g/mol. The fourth-order valence-corrected chi connectivity index (χ4v) is 2.16. The molecule has 1 aromatic rings. The van der Waals surface area contributed by atoms with E-state index in [9.17, 15) is 8.78 Å². The Morgan fingerprint density at radius 2 is 1.90 bits per heavy atom. The summed E-state index contributed by atoms with van der Waals surface area (Å²) in [6.07, 6.45) is 1.02. The fraction of sp³-hybridized carbons (Fsp3) is 0.600. The largest absolute Gasteiger partial charge is 0.493 e. The SMILES string of the molecule is COc1cccc(CNC(C)CC(C)C)c1OC(F)F. The van der Waals surface area contributed by atoms with E-state index < -0.39 is 6.61 Å². The van der Waals surface area contributed by atoms with Crippen molar-refractivity contribution < 1.29 is 18.3 Å². The lowest BCUT2D eigenvalue weighted by molar-refractivity contribution is -0.0518. The van der Waals surface area contributed by atoms with E-state index in [1.54, 1.807) is 18.2 Å². The van der Waals surface area contributed by atoms with Gasteiger partial charge in [0.1, 0.15) is 0 Å². The molecule has 1 atom stereocenters. The molecule has 1 N–H and O–H groups in total. The molecule has 0 bridgehead atoms. The molecule has 0 aliphatic carbocycles. The Kier molecular flexibility index (Phi) is 6.71. The van der Waals surface area contributed by atoms with Crippen molar-refractivity contribution in [2.24, 2.45) is 5.92 Å². The van der Waals surface area contributed by atoms with Gasteiger partial charge in [-0.25, -0.2) is 0 Å². The first kappa shape index (κ1) is 16.7. The highest BCUT2D eigenvalue weighted by Gasteiger charge is 2.15. The van der Waals surface area contributed by atoms with Crippen LogP contribution in [-0.4, -0.2) is 19.8 Å². The van der Waals surface area contributed by atoms with E-state index in [1.165, 1.54) is 7.11 Å². The molecule has 0 heterocycles. The second-order valence-corrected chi connectivity index (χ2v) is 5.24. The topological polar surface area (TPSA) is 30.5 Å². The van der Waals surface area contributed by atoms with E-state index >= 15 is 0 Å². The lowest BCUT2D eigenvalue weighted by Gasteiger charge is -2.18. The molecule has 114 valence electrons. The molecule has 0 radical (unpaired) electrons. The molecule has 1 rings (SSSR count). The summed E-state index contributed by atoms with van der Waals surface area (Å²) >= 11 is 0. The number of benzene rings is 1. The third-order valence-corrected chi connectivity index (χ3v) is 2.95. The van der Waals surface area contributed by atoms with Gasteiger partial charge >= 0.3 is 6.61 Å². The zero-order chi connectivity index (χ0) is 15.1. The lowest BCUT2D eigenvalue weighted by atomic mass is 10.0. The van der Waals surface area contributed by atoms with Crippen LogP contribution in [0.2, 0.25) is 0 Å². The minimum absolute atomic E-state index is 0.106. The summed E-state index contributed by atoms with van der Waals surface area (Å²) in [5.74, 6) is 1.01. The normalized spacial score (nSPS) is 12.8. The van der Waals surface area contributed by atoms with Gasteiger partial charge in [0.25, 0.3) is 0 Å². The number of rotatable bonds is 8. The number of ether oxygens (including phenoxy) is 2. The summed E-state index contributed by atoms with van der Waals surface area (Å²) in [5, 5.41) is 3.31. The molecule has 1 aromatic carbocycles. The number of halogens is 2. The van der Waals surface area contributed by atoms with Crippen molar-refractivity contribution in [3.05, 3.63) is 23.8 Å². The molecule has 0 amide bonds. The number of para-hydroxylation sites is 1. The smallest absolute Gasteiger partial charge is 0.387 e. The summed E-state index contributed by atoms with van der Waals surface area (Å²) in [6.45, 7) is 3.98. The second-order valence-electron chi connectivity index (χ2n) is 5.24. The Morgan fingerprint density at radius 1 is 1.20 bits per heavy atom. The first-order valence-corrected chi connectivity index (χ1v) is 6.78. The molecule has 0 aliphatic heterocycles. The number of methoxy groups -OCH3 is 1. The van der Waals surface area contributed by atoms with Crippen LogP contribution in [-0.2, 0) is 6.54 Å². The highest BCUT2D eigenvalue weighted by atomic mass is 19.3. The van der Waals surface area contributed by atoms with Crippen LogP contribution < -0.4 is 14.8 Å². The second kappa shape index (κ2) is 8.04. The molecule has 0 saturated carbocycles. The van der Waals surface area contributed by atoms with Crippen LogP contribution >= 0.6 is 0 Å². The summed E-state index contributed by atoms with van der Waals surface area (Å²) in [5.41, 5.74) is 0.667. The van der Waals surface area contributed by atoms with Crippen LogP contribution in [0.15, 0.2) is 18.2 Å². The number of hydrogen-bond acceptors (Lipinski definition) is 3. The van der Waals surface area contributed by atoms with Crippen LogP contribution in [0.4, 0.5) is 8.78 Å². The maximum atomic E-state index is 12.5. The molecular weight excluding hydrogens is 264 g/mol. The van der Waals surface area contributed by atoms with Crippen molar-refractivity contribution in [2.75, 3.05) is 7.11 Å². The number of hydrogen-bond donors (Lipinski definition) is 1. The van der Waals surface area contributed by atoms with Crippen molar-refractivity contribution in [3.8, 4) is 11.5 Å². The molecular formula is C15H23F2NO2. The van der Waals surface area contributed by atoms with Gasteiger partial charge in [0.05, 0.1) is 7.11 Å². The molecule has 1 unspecified atom stereocenters. The first-order chi connectivity index (χ1) is 9.43. The van der Waals surface area contributed by atoms with Gasteiger partial charge < -0.3 is 14.8 Å². The van der Waals surface area contributed by atoms with Crippen LogP contribution in [0.5, 0.6) is 11.5 Å². The summed E-state index contributed by atoms with van der Waals surface area (Å²) < 4.78 is 34.6. The van der Waals surface area contributed by atoms with Crippen molar-refractivity contribution in [1.82, 2.24) is 5.32 Å². The minimum atomic E-state index is -2.86. The van der Waals surface area contributed by atoms with Gasteiger partial charge in [-0.15, -0.1) is 0 Å². The zero-order valence-corrected chi connectivity index (χ0v) is 12.5. The Labute approximate surface area is 119 Å². The van der Waals surface area contributed by atoms with E-state index in [0.29, 0.717) is 29.8 Å². The predicted molar refractivity (Wildman–Crippen MR) is 75.4 cm³/mol. The Bertz CT molecular complexity index is 411. The van der Waals surface area contributed by atoms with E-state index in [2.05, 4.69) is 30.8 Å². The highest BCUT2D eigenvalue weighted by Crippen LogP contribution is 2.32. The predicted octanol–water partition coefficient (Wildman–Crippen LogP) is 3.82. The summed E-state index contributed by atoms with van der Waals surface area (Å²) in [7, 11) is 1.44. The summed E-state index contributed by atoms with van der Waals surface area (Å²) in [6, 6.07) is 5.44. The van der Waals surface area contributed by atoms with Crippen LogP contribution in [0, 0.1) is 5.92 Å². The third-order valence-electron chi connectivity index (χ3n) is 2.95. The highest BCUT2D eigenvalue weighted by molar-refractivity contribution is 5.46. The molecule has 0 spiro atoms. The zero-order valence-electron chi connectivity index (χ0n) is 12.5. The molecule has 5 heteroatoms. The Balaban J connectivity index is 2.77. The van der Waals surface area contributed by atoms with Crippen LogP contribution in [0.25, 0.3) is 0 Å². The third kappa shape index (κ3) is 5.33. The lowest BCUT2D eigenvalue weighted by Crippen LogP contribution is -2.27. The Morgan fingerprint density at radius 3 is 2.45 bits per heavy atom. The van der Waals surface area contributed by atoms with Gasteiger partial charge in [-0.05, 0) is 25.3 Å². The van der Waals surface area contributed by atoms with E-state index in [4.69, 9.17) is 4.74 Å². The van der Waals surface area contributed by atoms with Gasteiger partial charge in [-0.1, -0.05) is 26.0 Å². The molecule has 0 aliphatic rings. The standard InChI is InChI=1S/C15H23F2NO2/c1-10(2)8-11(3)18-9-12-6-5-7-13(19-4)14(12)20-15(16)17/h5-7,10-11,15,18H,8-9H2,1-4H3. The van der Waals surface area contributed by atoms with Gasteiger partial charge in [-0.2, -0.15) is 8.78 Å². The summed E-state index contributed by atoms with van der Waals surface area (Å²) in [4.78, 5) is 0. The van der Waals surface area contributed by atoms with Crippen molar-refractivity contribution in [1.29, 1.82) is 0 Å². The van der Waals surface area contributed by atoms with Gasteiger partial charge in [0.15, 0.2) is 11.5 Å². The van der Waals surface area contributed by atoms with E-state index in [0.717, 1.165) is 6.42 Å². The molecule has 0 aromatic heterocycles. The van der Waals surface area contributed by atoms with E-state index in [-0.39, 0.29) is 5.75 Å². The molecule has 0 saturated heterocycles. The van der Waals surface area contributed by atoms with Crippen LogP contribution in [0.1, 0.15) is 32.8 Å². The van der Waals surface area contributed by atoms with Crippen molar-refractivity contribution in [3.63, 3.8) is 0 Å². The number of nitrogens with one attached hydrogen (secondary N) is 1. The quantitative estimate of drug-likeness (QED) is 0.788. The monoisotopic (exact) mass is 287 g/mol. The van der Waals surface area contributed by atoms with Crippen molar-refractivity contribution in [2.45, 2.75) is 46.4 Å². The van der Waals surface area contributed by atoms with Gasteiger partial charge in [-0.3, -0.25) is 0 Å². The van der Waals surface area contributed by atoms with Gasteiger partial charge in [0, 0.05) is 18.2 Å². The average Bonchev–Trinajstić information content (AvgIpc) is 2.36. The molecule has 0 fully saturated rings. The van der Waals surface area contributed by atoms with E-state index in [1.807, 2.05) is 0 Å². The fourth-order valence-electron chi connectivity index (χ4n) is 2.16. The maximum absolute atomic E-state index is 12.5. The Hall–Kier alpha value is -1.36. The first-order valence-electron chi connectivity index (χ1n) is 6.78. The molecule has 3 nitrogen and oxygen atoms in total. The minimum Gasteiger partial charge on any atom is -0.493 e. The van der Waals surface area contributed by atoms with Crippen molar-refractivity contribution >= 4 is 0 Å². The van der Waals surface area contributed by atoms with Crippen LogP contribution in [0.3, 0.4) is 0 Å². The molecule has 20 heavy (non-hydrogen) atoms.